The first-order chi connectivity index (χ1) is 12.8. The molecule has 130 valence electrons. The van der Waals surface area contributed by atoms with Crippen molar-refractivity contribution in [3.05, 3.63) is 59.3 Å². The molecule has 4 aromatic rings. The molecule has 1 fully saturated rings. The van der Waals surface area contributed by atoms with Crippen LogP contribution in [0, 0.1) is 0 Å². The van der Waals surface area contributed by atoms with Gasteiger partial charge in [-0.1, -0.05) is 34.1 Å². The Morgan fingerprint density at radius 2 is 1.65 bits per heavy atom. The van der Waals surface area contributed by atoms with Gasteiger partial charge in [0.2, 0.25) is 0 Å². The van der Waals surface area contributed by atoms with Crippen LogP contribution in [0.3, 0.4) is 0 Å². The van der Waals surface area contributed by atoms with Gasteiger partial charge >= 0.3 is 0 Å². The van der Waals surface area contributed by atoms with Crippen LogP contribution in [0.5, 0.6) is 0 Å². The molecule has 0 amide bonds. The van der Waals surface area contributed by atoms with E-state index in [2.05, 4.69) is 66.0 Å². The predicted octanol–water partition coefficient (Wildman–Crippen LogP) is 4.47. The van der Waals surface area contributed by atoms with E-state index in [1.165, 1.54) is 5.69 Å². The van der Waals surface area contributed by atoms with Crippen LogP contribution in [0.4, 0.5) is 11.5 Å². The summed E-state index contributed by atoms with van der Waals surface area (Å²) in [6.45, 7) is 3.73. The molecule has 0 bridgehead atoms. The molecule has 5 nitrogen and oxygen atoms in total. The molecule has 1 saturated heterocycles. The van der Waals surface area contributed by atoms with Crippen LogP contribution in [0.15, 0.2) is 63.7 Å². The molecule has 5 rings (SSSR count). The molecule has 0 saturated carbocycles. The molecule has 0 radical (unpaired) electrons. The standard InChI is InChI=1S/C20H17BrN4O/c21-14-6-7-17-16(12-14)18-19(26-17)20(23-13-22-18)25-10-8-24(9-11-25)15-4-2-1-3-5-15/h1-7,12-13H,8-11H2. The summed E-state index contributed by atoms with van der Waals surface area (Å²) in [6, 6.07) is 16.5. The van der Waals surface area contributed by atoms with Crippen molar-refractivity contribution in [1.82, 2.24) is 9.97 Å². The Hall–Kier alpha value is -2.60. The molecule has 0 spiro atoms. The van der Waals surface area contributed by atoms with Crippen LogP contribution >= 0.6 is 15.9 Å². The molecule has 2 aromatic heterocycles. The summed E-state index contributed by atoms with van der Waals surface area (Å²) in [4.78, 5) is 13.7. The van der Waals surface area contributed by atoms with Gasteiger partial charge in [0.15, 0.2) is 11.4 Å². The quantitative estimate of drug-likeness (QED) is 0.489. The molecule has 0 N–H and O–H groups in total. The fourth-order valence-corrected chi connectivity index (χ4v) is 3.94. The monoisotopic (exact) mass is 408 g/mol. The van der Waals surface area contributed by atoms with E-state index in [-0.39, 0.29) is 0 Å². The van der Waals surface area contributed by atoms with Gasteiger partial charge in [-0.25, -0.2) is 9.97 Å². The maximum Gasteiger partial charge on any atom is 0.196 e. The van der Waals surface area contributed by atoms with Gasteiger partial charge in [0, 0.05) is 41.7 Å². The van der Waals surface area contributed by atoms with E-state index >= 15 is 0 Å². The zero-order valence-corrected chi connectivity index (χ0v) is 15.7. The molecular formula is C20H17BrN4O. The number of hydrogen-bond donors (Lipinski definition) is 0. The van der Waals surface area contributed by atoms with Crippen molar-refractivity contribution < 1.29 is 4.42 Å². The summed E-state index contributed by atoms with van der Waals surface area (Å²) in [5.74, 6) is 0.884. The highest BCUT2D eigenvalue weighted by Crippen LogP contribution is 2.34. The van der Waals surface area contributed by atoms with Crippen LogP contribution in [-0.2, 0) is 0 Å². The van der Waals surface area contributed by atoms with E-state index in [1.807, 2.05) is 18.2 Å². The minimum atomic E-state index is 0.772. The Bertz CT molecular complexity index is 1070. The van der Waals surface area contributed by atoms with Crippen molar-refractivity contribution in [2.75, 3.05) is 36.0 Å². The van der Waals surface area contributed by atoms with E-state index in [9.17, 15) is 0 Å². The van der Waals surface area contributed by atoms with Gasteiger partial charge in [-0.05, 0) is 30.3 Å². The van der Waals surface area contributed by atoms with Crippen LogP contribution in [0.2, 0.25) is 0 Å². The Morgan fingerprint density at radius 3 is 2.46 bits per heavy atom. The van der Waals surface area contributed by atoms with Crippen molar-refractivity contribution in [2.24, 2.45) is 0 Å². The molecule has 6 heteroatoms. The van der Waals surface area contributed by atoms with E-state index in [1.54, 1.807) is 6.33 Å². The van der Waals surface area contributed by atoms with Crippen LogP contribution < -0.4 is 9.80 Å². The van der Waals surface area contributed by atoms with Gasteiger partial charge in [-0.3, -0.25) is 0 Å². The van der Waals surface area contributed by atoms with Crippen molar-refractivity contribution >= 4 is 49.5 Å². The third-order valence-electron chi connectivity index (χ3n) is 4.89. The Morgan fingerprint density at radius 1 is 0.885 bits per heavy atom. The largest absolute Gasteiger partial charge is 0.450 e. The second kappa shape index (κ2) is 6.29. The predicted molar refractivity (Wildman–Crippen MR) is 108 cm³/mol. The first kappa shape index (κ1) is 15.6. The van der Waals surface area contributed by atoms with Gasteiger partial charge < -0.3 is 14.2 Å². The van der Waals surface area contributed by atoms with Crippen molar-refractivity contribution in [3.63, 3.8) is 0 Å². The molecule has 0 aliphatic carbocycles. The van der Waals surface area contributed by atoms with Gasteiger partial charge in [0.25, 0.3) is 0 Å². The van der Waals surface area contributed by atoms with Crippen molar-refractivity contribution in [3.8, 4) is 0 Å². The summed E-state index contributed by atoms with van der Waals surface area (Å²) in [5.41, 5.74) is 3.76. The van der Waals surface area contributed by atoms with E-state index in [0.29, 0.717) is 0 Å². The molecule has 26 heavy (non-hydrogen) atoms. The number of piperazine rings is 1. The van der Waals surface area contributed by atoms with E-state index in [4.69, 9.17) is 4.42 Å². The summed E-state index contributed by atoms with van der Waals surface area (Å²) in [5, 5.41) is 1.01. The lowest BCUT2D eigenvalue weighted by molar-refractivity contribution is 0.629. The maximum atomic E-state index is 6.10. The number of para-hydroxylation sites is 1. The Balaban J connectivity index is 1.47. The Labute approximate surface area is 159 Å². The number of furan rings is 1. The molecule has 2 aromatic carbocycles. The average Bonchev–Trinajstić information content (AvgIpc) is 3.07. The number of rotatable bonds is 2. The van der Waals surface area contributed by atoms with E-state index in [0.717, 1.165) is 58.5 Å². The number of aromatic nitrogens is 2. The van der Waals surface area contributed by atoms with Crippen molar-refractivity contribution in [2.45, 2.75) is 0 Å². The summed E-state index contributed by atoms with van der Waals surface area (Å²) in [6.07, 6.45) is 1.64. The van der Waals surface area contributed by atoms with Crippen LogP contribution in [0.25, 0.3) is 22.1 Å². The van der Waals surface area contributed by atoms with Gasteiger partial charge in [-0.2, -0.15) is 0 Å². The SMILES string of the molecule is Brc1ccc2oc3c(N4CCN(c5ccccc5)CC4)ncnc3c2c1. The second-order valence-electron chi connectivity index (χ2n) is 6.43. The third kappa shape index (κ3) is 2.61. The van der Waals surface area contributed by atoms with Crippen molar-refractivity contribution in [1.29, 1.82) is 0 Å². The highest BCUT2D eigenvalue weighted by Gasteiger charge is 2.22. The number of anilines is 2. The summed E-state index contributed by atoms with van der Waals surface area (Å²) < 4.78 is 7.12. The first-order valence-electron chi connectivity index (χ1n) is 8.67. The summed E-state index contributed by atoms with van der Waals surface area (Å²) >= 11 is 3.53. The third-order valence-corrected chi connectivity index (χ3v) is 5.39. The van der Waals surface area contributed by atoms with Gasteiger partial charge in [-0.15, -0.1) is 0 Å². The molecule has 0 unspecified atom stereocenters. The van der Waals surface area contributed by atoms with Crippen LogP contribution in [-0.4, -0.2) is 36.1 Å². The fourth-order valence-electron chi connectivity index (χ4n) is 3.58. The van der Waals surface area contributed by atoms with Gasteiger partial charge in [0.1, 0.15) is 17.4 Å². The normalized spacial score (nSPS) is 15.1. The number of fused-ring (bicyclic) bond motifs is 3. The molecular weight excluding hydrogens is 392 g/mol. The lowest BCUT2D eigenvalue weighted by Gasteiger charge is -2.36. The molecule has 3 heterocycles. The fraction of sp³-hybridized carbons (Fsp3) is 0.200. The molecule has 0 atom stereocenters. The maximum absolute atomic E-state index is 6.10. The molecule has 1 aliphatic heterocycles. The topological polar surface area (TPSA) is 45.4 Å². The highest BCUT2D eigenvalue weighted by molar-refractivity contribution is 9.10. The highest BCUT2D eigenvalue weighted by atomic mass is 79.9. The number of nitrogens with zero attached hydrogens (tertiary/aromatic N) is 4. The lowest BCUT2D eigenvalue weighted by Crippen LogP contribution is -2.46. The lowest BCUT2D eigenvalue weighted by atomic mass is 10.2. The molecule has 1 aliphatic rings. The Kier molecular flexibility index (Phi) is 3.78. The smallest absolute Gasteiger partial charge is 0.196 e. The van der Waals surface area contributed by atoms with Gasteiger partial charge in [0.05, 0.1) is 0 Å². The number of halogens is 1. The first-order valence-corrected chi connectivity index (χ1v) is 9.46. The van der Waals surface area contributed by atoms with E-state index < -0.39 is 0 Å². The minimum absolute atomic E-state index is 0.772. The summed E-state index contributed by atoms with van der Waals surface area (Å²) in [7, 11) is 0. The number of benzene rings is 2. The average molecular weight is 409 g/mol. The van der Waals surface area contributed by atoms with Crippen LogP contribution in [0.1, 0.15) is 0 Å². The zero-order chi connectivity index (χ0) is 17.5. The number of hydrogen-bond acceptors (Lipinski definition) is 5. The zero-order valence-electron chi connectivity index (χ0n) is 14.1. The second-order valence-corrected chi connectivity index (χ2v) is 7.34. The minimum Gasteiger partial charge on any atom is -0.450 e.